The molecule has 28 heavy (non-hydrogen) atoms. The summed E-state index contributed by atoms with van der Waals surface area (Å²) in [6.45, 7) is 1.27. The van der Waals surface area contributed by atoms with Crippen LogP contribution >= 0.6 is 35.6 Å². The van der Waals surface area contributed by atoms with Crippen LogP contribution in [0.4, 0.5) is 0 Å². The molecule has 0 bridgehead atoms. The number of halogens is 2. The highest BCUT2D eigenvalue weighted by Crippen LogP contribution is 2.19. The summed E-state index contributed by atoms with van der Waals surface area (Å²) in [6.07, 6.45) is 0.603. The third-order valence-corrected chi connectivity index (χ3v) is 4.09. The summed E-state index contributed by atoms with van der Waals surface area (Å²) >= 11 is 6.01. The molecule has 0 aliphatic rings. The zero-order valence-electron chi connectivity index (χ0n) is 15.8. The number of aliphatic imine (C=N–C) groups is 1. The molecule has 0 spiro atoms. The van der Waals surface area contributed by atoms with Gasteiger partial charge in [0.1, 0.15) is 0 Å². The highest BCUT2D eigenvalue weighted by molar-refractivity contribution is 14.0. The summed E-state index contributed by atoms with van der Waals surface area (Å²) in [4.78, 5) is 11.0. The fourth-order valence-corrected chi connectivity index (χ4v) is 2.68. The first-order valence-corrected chi connectivity index (χ1v) is 9.08. The van der Waals surface area contributed by atoms with Gasteiger partial charge in [-0.25, -0.2) is 4.99 Å². The Morgan fingerprint density at radius 1 is 1.14 bits per heavy atom. The zero-order valence-corrected chi connectivity index (χ0v) is 18.9. The summed E-state index contributed by atoms with van der Waals surface area (Å²) in [5.74, 6) is 1.92. The third-order valence-electron chi connectivity index (χ3n) is 3.85. The second-order valence-electron chi connectivity index (χ2n) is 6.22. The van der Waals surface area contributed by atoms with Crippen LogP contribution in [0.5, 0.6) is 0 Å². The molecule has 0 atom stereocenters. The molecule has 3 aromatic rings. The van der Waals surface area contributed by atoms with Crippen LogP contribution in [0.1, 0.15) is 11.5 Å². The number of hydrogen-bond acceptors (Lipinski definition) is 4. The van der Waals surface area contributed by atoms with Crippen LogP contribution in [0.2, 0.25) is 5.02 Å². The number of aromatic nitrogens is 2. The van der Waals surface area contributed by atoms with Crippen molar-refractivity contribution in [3.8, 4) is 11.4 Å². The predicted octanol–water partition coefficient (Wildman–Crippen LogP) is 4.26. The molecule has 0 fully saturated rings. The number of guanidine groups is 1. The molecule has 0 aliphatic heterocycles. The summed E-state index contributed by atoms with van der Waals surface area (Å²) in [7, 11) is 3.92. The SMILES string of the molecule is CN(C)C(=NCc1ccccc1)NCCc1nc(-c2cccc(Cl)c2)no1.I. The summed E-state index contributed by atoms with van der Waals surface area (Å²) in [6, 6.07) is 17.5. The van der Waals surface area contributed by atoms with Crippen LogP contribution < -0.4 is 5.32 Å². The second kappa shape index (κ2) is 11.0. The standard InChI is InChI=1S/C20H22ClN5O.HI/c1-26(2)20(23-14-15-7-4-3-5-8-15)22-12-11-18-24-19(25-27-18)16-9-6-10-17(21)13-16;/h3-10,13H,11-12,14H2,1-2H3,(H,22,23);1H. The van der Waals surface area contributed by atoms with Gasteiger partial charge in [-0.05, 0) is 17.7 Å². The van der Waals surface area contributed by atoms with Crippen molar-refractivity contribution in [3.63, 3.8) is 0 Å². The Morgan fingerprint density at radius 2 is 1.93 bits per heavy atom. The van der Waals surface area contributed by atoms with E-state index in [0.29, 0.717) is 36.2 Å². The molecule has 0 aliphatic carbocycles. The van der Waals surface area contributed by atoms with Crippen molar-refractivity contribution in [2.45, 2.75) is 13.0 Å². The molecule has 2 aromatic carbocycles. The lowest BCUT2D eigenvalue weighted by Gasteiger charge is -2.17. The Balaban J connectivity index is 0.00000280. The Hall–Kier alpha value is -2.13. The molecular weight excluding hydrogens is 489 g/mol. The summed E-state index contributed by atoms with van der Waals surface area (Å²) in [5, 5.41) is 7.99. The van der Waals surface area contributed by atoms with Crippen LogP contribution in [0.15, 0.2) is 64.1 Å². The van der Waals surface area contributed by atoms with Crippen molar-refractivity contribution in [1.29, 1.82) is 0 Å². The van der Waals surface area contributed by atoms with E-state index in [1.807, 2.05) is 61.5 Å². The molecule has 0 saturated carbocycles. The molecule has 148 valence electrons. The largest absolute Gasteiger partial charge is 0.356 e. The molecule has 8 heteroatoms. The lowest BCUT2D eigenvalue weighted by Crippen LogP contribution is -2.37. The Bertz CT molecular complexity index is 898. The maximum Gasteiger partial charge on any atom is 0.228 e. The Kier molecular flexibility index (Phi) is 8.72. The minimum Gasteiger partial charge on any atom is -0.356 e. The number of hydrogen-bond donors (Lipinski definition) is 1. The van der Waals surface area contributed by atoms with Gasteiger partial charge in [0.15, 0.2) is 5.96 Å². The van der Waals surface area contributed by atoms with E-state index < -0.39 is 0 Å². The first-order chi connectivity index (χ1) is 13.1. The van der Waals surface area contributed by atoms with Crippen molar-refractivity contribution < 1.29 is 4.52 Å². The average molecular weight is 512 g/mol. The van der Waals surface area contributed by atoms with Gasteiger partial charge in [0.2, 0.25) is 11.7 Å². The van der Waals surface area contributed by atoms with E-state index >= 15 is 0 Å². The van der Waals surface area contributed by atoms with Gasteiger partial charge < -0.3 is 14.7 Å². The molecule has 1 N–H and O–H groups in total. The highest BCUT2D eigenvalue weighted by atomic mass is 127. The van der Waals surface area contributed by atoms with E-state index in [0.717, 1.165) is 11.5 Å². The van der Waals surface area contributed by atoms with Crippen molar-refractivity contribution in [2.24, 2.45) is 4.99 Å². The summed E-state index contributed by atoms with van der Waals surface area (Å²) in [5.41, 5.74) is 2.01. The van der Waals surface area contributed by atoms with E-state index in [1.54, 1.807) is 0 Å². The van der Waals surface area contributed by atoms with E-state index in [1.165, 1.54) is 5.56 Å². The van der Waals surface area contributed by atoms with Gasteiger partial charge in [0.05, 0.1) is 6.54 Å². The number of nitrogens with one attached hydrogen (secondary N) is 1. The first-order valence-electron chi connectivity index (χ1n) is 8.70. The average Bonchev–Trinajstić information content (AvgIpc) is 3.14. The van der Waals surface area contributed by atoms with Crippen LogP contribution in [0, 0.1) is 0 Å². The molecular formula is C20H23ClIN5O. The maximum absolute atomic E-state index is 6.01. The van der Waals surface area contributed by atoms with E-state index in [2.05, 4.69) is 32.6 Å². The molecule has 0 saturated heterocycles. The normalized spacial score (nSPS) is 11.0. The molecule has 0 amide bonds. The van der Waals surface area contributed by atoms with Crippen molar-refractivity contribution in [3.05, 3.63) is 71.1 Å². The lowest BCUT2D eigenvalue weighted by molar-refractivity contribution is 0.378. The monoisotopic (exact) mass is 511 g/mol. The number of rotatable bonds is 6. The highest BCUT2D eigenvalue weighted by Gasteiger charge is 2.09. The van der Waals surface area contributed by atoms with Crippen LogP contribution in [-0.2, 0) is 13.0 Å². The van der Waals surface area contributed by atoms with Crippen molar-refractivity contribution >= 4 is 41.5 Å². The quantitative estimate of drug-likeness (QED) is 0.304. The van der Waals surface area contributed by atoms with E-state index in [4.69, 9.17) is 16.1 Å². The van der Waals surface area contributed by atoms with Gasteiger partial charge in [-0.15, -0.1) is 24.0 Å². The van der Waals surface area contributed by atoms with Crippen LogP contribution in [0.3, 0.4) is 0 Å². The van der Waals surface area contributed by atoms with Gasteiger partial charge in [-0.1, -0.05) is 59.2 Å². The summed E-state index contributed by atoms with van der Waals surface area (Å²) < 4.78 is 5.33. The zero-order chi connectivity index (χ0) is 19.1. The second-order valence-corrected chi connectivity index (χ2v) is 6.66. The maximum atomic E-state index is 6.01. The van der Waals surface area contributed by atoms with Gasteiger partial charge >= 0.3 is 0 Å². The molecule has 1 heterocycles. The molecule has 6 nitrogen and oxygen atoms in total. The first kappa shape index (κ1) is 22.2. The topological polar surface area (TPSA) is 66.5 Å². The minimum absolute atomic E-state index is 0. The van der Waals surface area contributed by atoms with Crippen molar-refractivity contribution in [1.82, 2.24) is 20.4 Å². The predicted molar refractivity (Wildman–Crippen MR) is 123 cm³/mol. The Morgan fingerprint density at radius 3 is 2.64 bits per heavy atom. The van der Waals surface area contributed by atoms with Crippen molar-refractivity contribution in [2.75, 3.05) is 20.6 Å². The van der Waals surface area contributed by atoms with Gasteiger partial charge in [-0.2, -0.15) is 4.98 Å². The lowest BCUT2D eigenvalue weighted by atomic mass is 10.2. The minimum atomic E-state index is 0. The number of nitrogens with zero attached hydrogens (tertiary/aromatic N) is 4. The fourth-order valence-electron chi connectivity index (χ4n) is 2.49. The molecule has 0 radical (unpaired) electrons. The van der Waals surface area contributed by atoms with Crippen LogP contribution in [0.25, 0.3) is 11.4 Å². The molecule has 3 rings (SSSR count). The van der Waals surface area contributed by atoms with Gasteiger partial charge in [-0.3, -0.25) is 0 Å². The molecule has 0 unspecified atom stereocenters. The smallest absolute Gasteiger partial charge is 0.228 e. The number of benzene rings is 2. The van der Waals surface area contributed by atoms with E-state index in [9.17, 15) is 0 Å². The van der Waals surface area contributed by atoms with E-state index in [-0.39, 0.29) is 24.0 Å². The van der Waals surface area contributed by atoms with Gasteiger partial charge in [0.25, 0.3) is 0 Å². The van der Waals surface area contributed by atoms with Gasteiger partial charge in [0, 0.05) is 37.6 Å². The fraction of sp³-hybridized carbons (Fsp3) is 0.250. The third kappa shape index (κ3) is 6.49. The van der Waals surface area contributed by atoms with Crippen LogP contribution in [-0.4, -0.2) is 41.6 Å². The Labute approximate surface area is 187 Å². The molecule has 1 aromatic heterocycles.